The van der Waals surface area contributed by atoms with Crippen LogP contribution in [0.15, 0.2) is 22.7 Å². The fraction of sp³-hybridized carbons (Fsp3) is 0.500. The van der Waals surface area contributed by atoms with Gasteiger partial charge in [-0.05, 0) is 32.2 Å². The van der Waals surface area contributed by atoms with E-state index in [0.29, 0.717) is 12.1 Å². The lowest BCUT2D eigenvalue weighted by Crippen LogP contribution is -2.31. The monoisotopic (exact) mass is 332 g/mol. The highest BCUT2D eigenvalue weighted by Gasteiger charge is 2.17. The lowest BCUT2D eigenvalue weighted by Gasteiger charge is -2.22. The summed E-state index contributed by atoms with van der Waals surface area (Å²) in [5.41, 5.74) is 0.860. The standard InChI is InChI=1S/C12H17BrN2O2S/c1-12(2,18-3)8-14-7-9-6-10(13)4-5-11(9)15(16)17/h4-6,14H,7-8H2,1-3H3. The van der Waals surface area contributed by atoms with Crippen LogP contribution in [0.25, 0.3) is 0 Å². The number of nitrogens with zero attached hydrogens (tertiary/aromatic N) is 1. The molecular formula is C12H17BrN2O2S. The normalized spacial score (nSPS) is 11.6. The molecule has 0 heterocycles. The lowest BCUT2D eigenvalue weighted by atomic mass is 10.1. The summed E-state index contributed by atoms with van der Waals surface area (Å²) >= 11 is 5.11. The number of halogens is 1. The molecule has 0 unspecified atom stereocenters. The highest BCUT2D eigenvalue weighted by Crippen LogP contribution is 2.24. The van der Waals surface area contributed by atoms with Crippen molar-refractivity contribution in [1.82, 2.24) is 5.32 Å². The van der Waals surface area contributed by atoms with Crippen molar-refractivity contribution in [3.8, 4) is 0 Å². The van der Waals surface area contributed by atoms with E-state index in [0.717, 1.165) is 11.0 Å². The molecule has 0 fully saturated rings. The third-order valence-corrected chi connectivity index (χ3v) is 4.40. The van der Waals surface area contributed by atoms with Crippen molar-refractivity contribution in [3.63, 3.8) is 0 Å². The molecule has 0 saturated carbocycles. The van der Waals surface area contributed by atoms with Gasteiger partial charge in [-0.15, -0.1) is 0 Å². The van der Waals surface area contributed by atoms with Crippen molar-refractivity contribution in [2.45, 2.75) is 25.1 Å². The van der Waals surface area contributed by atoms with Crippen molar-refractivity contribution in [2.75, 3.05) is 12.8 Å². The zero-order valence-electron chi connectivity index (χ0n) is 10.7. The third-order valence-electron chi connectivity index (χ3n) is 2.66. The molecule has 18 heavy (non-hydrogen) atoms. The molecule has 0 aliphatic heterocycles. The first-order chi connectivity index (χ1) is 8.35. The topological polar surface area (TPSA) is 55.2 Å². The second kappa shape index (κ2) is 6.54. The van der Waals surface area contributed by atoms with E-state index in [1.54, 1.807) is 23.9 Å². The van der Waals surface area contributed by atoms with Gasteiger partial charge in [0.1, 0.15) is 0 Å². The van der Waals surface area contributed by atoms with Crippen LogP contribution in [0.1, 0.15) is 19.4 Å². The minimum atomic E-state index is -0.344. The highest BCUT2D eigenvalue weighted by atomic mass is 79.9. The maximum Gasteiger partial charge on any atom is 0.273 e. The summed E-state index contributed by atoms with van der Waals surface area (Å²) in [6, 6.07) is 5.01. The Morgan fingerprint density at radius 1 is 1.50 bits per heavy atom. The van der Waals surface area contributed by atoms with Gasteiger partial charge in [-0.2, -0.15) is 11.8 Å². The molecule has 1 rings (SSSR count). The first kappa shape index (κ1) is 15.5. The van der Waals surface area contributed by atoms with E-state index in [4.69, 9.17) is 0 Å². The Bertz CT molecular complexity index is 438. The minimum absolute atomic E-state index is 0.126. The van der Waals surface area contributed by atoms with E-state index >= 15 is 0 Å². The zero-order valence-corrected chi connectivity index (χ0v) is 13.1. The van der Waals surface area contributed by atoms with Gasteiger partial charge in [0, 0.05) is 33.9 Å². The molecule has 0 radical (unpaired) electrons. The Kier molecular flexibility index (Phi) is 5.62. The molecule has 1 aromatic carbocycles. The van der Waals surface area contributed by atoms with Crippen LogP contribution in [0.5, 0.6) is 0 Å². The molecule has 0 spiro atoms. The number of nitrogens with one attached hydrogen (secondary N) is 1. The van der Waals surface area contributed by atoms with Gasteiger partial charge in [0.25, 0.3) is 5.69 Å². The largest absolute Gasteiger partial charge is 0.311 e. The maximum absolute atomic E-state index is 10.9. The van der Waals surface area contributed by atoms with Crippen LogP contribution < -0.4 is 5.32 Å². The van der Waals surface area contributed by atoms with Crippen molar-refractivity contribution < 1.29 is 4.92 Å². The average molecular weight is 333 g/mol. The Balaban J connectivity index is 2.72. The summed E-state index contributed by atoms with van der Waals surface area (Å²) in [4.78, 5) is 10.6. The average Bonchev–Trinajstić information content (AvgIpc) is 2.28. The van der Waals surface area contributed by atoms with Gasteiger partial charge < -0.3 is 5.32 Å². The second-order valence-corrected chi connectivity index (χ2v) is 7.03. The fourth-order valence-electron chi connectivity index (χ4n) is 1.44. The number of benzene rings is 1. The molecule has 0 atom stereocenters. The lowest BCUT2D eigenvalue weighted by molar-refractivity contribution is -0.385. The quantitative estimate of drug-likeness (QED) is 0.638. The van der Waals surface area contributed by atoms with Crippen LogP contribution in [0.4, 0.5) is 5.69 Å². The van der Waals surface area contributed by atoms with Crippen molar-refractivity contribution in [3.05, 3.63) is 38.3 Å². The van der Waals surface area contributed by atoms with Crippen LogP contribution >= 0.6 is 27.7 Å². The molecule has 0 aliphatic carbocycles. The second-order valence-electron chi connectivity index (χ2n) is 4.60. The van der Waals surface area contributed by atoms with Crippen LogP contribution in [0.3, 0.4) is 0 Å². The van der Waals surface area contributed by atoms with E-state index in [9.17, 15) is 10.1 Å². The smallest absolute Gasteiger partial charge is 0.273 e. The molecule has 0 saturated heterocycles. The third kappa shape index (κ3) is 4.59. The van der Waals surface area contributed by atoms with E-state index in [1.165, 1.54) is 6.07 Å². The van der Waals surface area contributed by atoms with Gasteiger partial charge in [0.05, 0.1) is 4.92 Å². The Hall–Kier alpha value is -0.590. The molecule has 0 aromatic heterocycles. The molecular weight excluding hydrogens is 316 g/mol. The van der Waals surface area contributed by atoms with Gasteiger partial charge in [0.15, 0.2) is 0 Å². The molecule has 4 nitrogen and oxygen atoms in total. The number of thioether (sulfide) groups is 1. The first-order valence-electron chi connectivity index (χ1n) is 5.54. The predicted molar refractivity (Wildman–Crippen MR) is 80.1 cm³/mol. The molecule has 6 heteroatoms. The predicted octanol–water partition coefficient (Wildman–Crippen LogP) is 3.59. The zero-order chi connectivity index (χ0) is 13.8. The van der Waals surface area contributed by atoms with Crippen LogP contribution in [-0.2, 0) is 6.54 Å². The Labute approximate surface area is 120 Å². The molecule has 100 valence electrons. The SMILES string of the molecule is CSC(C)(C)CNCc1cc(Br)ccc1[N+](=O)[O-]. The minimum Gasteiger partial charge on any atom is -0.311 e. The number of hydrogen-bond donors (Lipinski definition) is 1. The Morgan fingerprint density at radius 3 is 2.72 bits per heavy atom. The summed E-state index contributed by atoms with van der Waals surface area (Å²) < 4.78 is 0.981. The molecule has 0 bridgehead atoms. The van der Waals surface area contributed by atoms with Gasteiger partial charge in [-0.1, -0.05) is 15.9 Å². The van der Waals surface area contributed by atoms with Crippen molar-refractivity contribution in [2.24, 2.45) is 0 Å². The maximum atomic E-state index is 10.9. The van der Waals surface area contributed by atoms with E-state index in [2.05, 4.69) is 41.3 Å². The number of rotatable bonds is 6. The van der Waals surface area contributed by atoms with Crippen LogP contribution in [0.2, 0.25) is 0 Å². The number of hydrogen-bond acceptors (Lipinski definition) is 4. The van der Waals surface area contributed by atoms with E-state index < -0.39 is 0 Å². The van der Waals surface area contributed by atoms with E-state index in [-0.39, 0.29) is 15.4 Å². The Morgan fingerprint density at radius 2 is 2.17 bits per heavy atom. The summed E-state index contributed by atoms with van der Waals surface area (Å²) in [5, 5.41) is 14.2. The van der Waals surface area contributed by atoms with Crippen LogP contribution in [-0.4, -0.2) is 22.5 Å². The first-order valence-corrected chi connectivity index (χ1v) is 7.56. The van der Waals surface area contributed by atoms with Crippen molar-refractivity contribution >= 4 is 33.4 Å². The molecule has 1 aromatic rings. The van der Waals surface area contributed by atoms with E-state index in [1.807, 2.05) is 0 Å². The van der Waals surface area contributed by atoms with Gasteiger partial charge in [-0.25, -0.2) is 0 Å². The van der Waals surface area contributed by atoms with Crippen LogP contribution in [0, 0.1) is 10.1 Å². The summed E-state index contributed by atoms with van der Waals surface area (Å²) in [5.74, 6) is 0. The molecule has 0 aliphatic rings. The summed E-state index contributed by atoms with van der Waals surface area (Å²) in [6.45, 7) is 5.58. The molecule has 0 amide bonds. The van der Waals surface area contributed by atoms with Crippen molar-refractivity contribution in [1.29, 1.82) is 0 Å². The van der Waals surface area contributed by atoms with Gasteiger partial charge in [-0.3, -0.25) is 10.1 Å². The number of nitro benzene ring substituents is 1. The fourth-order valence-corrected chi connectivity index (χ4v) is 2.10. The van der Waals surface area contributed by atoms with Gasteiger partial charge in [0.2, 0.25) is 0 Å². The molecule has 1 N–H and O–H groups in total. The summed E-state index contributed by atoms with van der Waals surface area (Å²) in [6.07, 6.45) is 2.06. The number of nitro groups is 1. The van der Waals surface area contributed by atoms with Gasteiger partial charge >= 0.3 is 0 Å². The summed E-state index contributed by atoms with van der Waals surface area (Å²) in [7, 11) is 0. The highest BCUT2D eigenvalue weighted by molar-refractivity contribution is 9.10.